The van der Waals surface area contributed by atoms with Gasteiger partial charge in [0, 0.05) is 0 Å². The largest absolute Gasteiger partial charge is 0.312 e. The minimum Gasteiger partial charge on any atom is -0.312 e. The summed E-state index contributed by atoms with van der Waals surface area (Å²) in [5, 5.41) is 0. The molecule has 1 rings (SSSR count). The number of benzene rings is 1. The van der Waals surface area contributed by atoms with Crippen molar-refractivity contribution >= 4 is 12.4 Å². The molecule has 0 N–H and O–H groups in total. The third-order valence-corrected chi connectivity index (χ3v) is 0.667. The summed E-state index contributed by atoms with van der Waals surface area (Å²) < 4.78 is 0. The lowest BCUT2D eigenvalue weighted by Gasteiger charge is -1.90. The average Bonchev–Trinajstić information content (AvgIpc) is 1.90. The first-order valence-corrected chi connectivity index (χ1v) is 3.34. The normalized spacial score (nSPS) is 7.64. The summed E-state index contributed by atoms with van der Waals surface area (Å²) in [6, 6.07) is 12.0. The lowest BCUT2D eigenvalue weighted by Crippen LogP contribution is -1.99. The van der Waals surface area contributed by atoms with Crippen LogP contribution in [-0.2, 0) is 0 Å². The fraction of sp³-hybridized carbons (Fsp3) is 0.333. The molecule has 0 saturated heterocycles. The molecular formula is C9H16ClN. The van der Waals surface area contributed by atoms with Crippen LogP contribution in [0.5, 0.6) is 0 Å². The Morgan fingerprint density at radius 3 is 0.818 bits per heavy atom. The van der Waals surface area contributed by atoms with E-state index in [1.165, 1.54) is 0 Å². The molecule has 64 valence electrons. The van der Waals surface area contributed by atoms with Gasteiger partial charge in [-0.1, -0.05) is 36.4 Å². The number of rotatable bonds is 0. The maximum Gasteiger partial charge on any atom is -0.0140 e. The summed E-state index contributed by atoms with van der Waals surface area (Å²) in [7, 11) is 6.00. The lowest BCUT2D eigenvalue weighted by atomic mass is 10.4. The Bertz CT molecular complexity index is 110. The maximum atomic E-state index is 2.00. The Morgan fingerprint density at radius 2 is 0.727 bits per heavy atom. The highest BCUT2D eigenvalue weighted by Gasteiger charge is 1.58. The predicted molar refractivity (Wildman–Crippen MR) is 53.3 cm³/mol. The standard InChI is InChI=1S/C6H6.C3H9N.ClH/c1-2-4-6-5-3-1;1-4(2)3;/h1-6H;1-3H3;1H. The molecule has 0 spiro atoms. The maximum absolute atomic E-state index is 2.00. The fourth-order valence-corrected chi connectivity index (χ4v) is 0.385. The van der Waals surface area contributed by atoms with Crippen molar-refractivity contribution < 1.29 is 0 Å². The van der Waals surface area contributed by atoms with E-state index < -0.39 is 0 Å². The minimum atomic E-state index is 0. The van der Waals surface area contributed by atoms with Crippen molar-refractivity contribution in [1.82, 2.24) is 4.90 Å². The van der Waals surface area contributed by atoms with Gasteiger partial charge < -0.3 is 4.90 Å². The number of hydrogen-bond donors (Lipinski definition) is 0. The summed E-state index contributed by atoms with van der Waals surface area (Å²) in [6.07, 6.45) is 0. The van der Waals surface area contributed by atoms with Crippen LogP contribution in [0.25, 0.3) is 0 Å². The van der Waals surface area contributed by atoms with E-state index in [4.69, 9.17) is 0 Å². The van der Waals surface area contributed by atoms with Gasteiger partial charge in [-0.05, 0) is 21.1 Å². The van der Waals surface area contributed by atoms with Crippen LogP contribution in [0, 0.1) is 0 Å². The smallest absolute Gasteiger partial charge is 0.0140 e. The molecule has 0 bridgehead atoms. The molecule has 0 heterocycles. The monoisotopic (exact) mass is 173 g/mol. The van der Waals surface area contributed by atoms with Gasteiger partial charge in [-0.3, -0.25) is 0 Å². The topological polar surface area (TPSA) is 3.24 Å². The van der Waals surface area contributed by atoms with Gasteiger partial charge >= 0.3 is 0 Å². The van der Waals surface area contributed by atoms with E-state index in [1.54, 1.807) is 0 Å². The second-order valence-corrected chi connectivity index (χ2v) is 2.50. The molecule has 0 unspecified atom stereocenters. The number of hydrogen-bond acceptors (Lipinski definition) is 1. The highest BCUT2D eigenvalue weighted by molar-refractivity contribution is 5.85. The summed E-state index contributed by atoms with van der Waals surface area (Å²) in [6.45, 7) is 0. The van der Waals surface area contributed by atoms with Gasteiger partial charge in [-0.15, -0.1) is 12.4 Å². The zero-order valence-corrected chi connectivity index (χ0v) is 8.14. The van der Waals surface area contributed by atoms with E-state index in [2.05, 4.69) is 0 Å². The Labute approximate surface area is 75.4 Å². The summed E-state index contributed by atoms with van der Waals surface area (Å²) in [5.74, 6) is 0. The van der Waals surface area contributed by atoms with Crippen LogP contribution in [0.15, 0.2) is 36.4 Å². The Balaban J connectivity index is 0. The van der Waals surface area contributed by atoms with Gasteiger partial charge in [0.05, 0.1) is 0 Å². The molecule has 0 fully saturated rings. The molecule has 0 saturated carbocycles. The van der Waals surface area contributed by atoms with Crippen molar-refractivity contribution in [1.29, 1.82) is 0 Å². The molecular weight excluding hydrogens is 158 g/mol. The SMILES string of the molecule is CN(C)C.Cl.c1ccccc1. The summed E-state index contributed by atoms with van der Waals surface area (Å²) in [5.41, 5.74) is 0. The number of nitrogens with zero attached hydrogens (tertiary/aromatic N) is 1. The van der Waals surface area contributed by atoms with Crippen molar-refractivity contribution in [3.63, 3.8) is 0 Å². The molecule has 0 radical (unpaired) electrons. The van der Waals surface area contributed by atoms with Gasteiger partial charge in [0.15, 0.2) is 0 Å². The molecule has 11 heavy (non-hydrogen) atoms. The Kier molecular flexibility index (Phi) is 11.3. The third kappa shape index (κ3) is 17.7. The molecule has 1 aromatic carbocycles. The van der Waals surface area contributed by atoms with Crippen LogP contribution in [0.3, 0.4) is 0 Å². The fourth-order valence-electron chi connectivity index (χ4n) is 0.385. The molecule has 0 amide bonds. The first-order chi connectivity index (χ1) is 4.73. The first-order valence-electron chi connectivity index (χ1n) is 3.34. The van der Waals surface area contributed by atoms with E-state index in [9.17, 15) is 0 Å². The first kappa shape index (κ1) is 13.1. The minimum absolute atomic E-state index is 0. The lowest BCUT2D eigenvalue weighted by molar-refractivity contribution is 0.505. The van der Waals surface area contributed by atoms with E-state index >= 15 is 0 Å². The number of halogens is 1. The van der Waals surface area contributed by atoms with E-state index in [-0.39, 0.29) is 12.4 Å². The Hall–Kier alpha value is -0.530. The molecule has 0 aliphatic rings. The van der Waals surface area contributed by atoms with Crippen LogP contribution in [0.1, 0.15) is 0 Å². The van der Waals surface area contributed by atoms with E-state index in [1.807, 2.05) is 62.4 Å². The molecule has 0 aromatic heterocycles. The van der Waals surface area contributed by atoms with Crippen molar-refractivity contribution in [3.8, 4) is 0 Å². The zero-order chi connectivity index (χ0) is 7.82. The quantitative estimate of drug-likeness (QED) is 0.582. The zero-order valence-electron chi connectivity index (χ0n) is 7.32. The molecule has 2 heteroatoms. The van der Waals surface area contributed by atoms with Gasteiger partial charge in [0.1, 0.15) is 0 Å². The molecule has 0 atom stereocenters. The molecule has 1 nitrogen and oxygen atoms in total. The van der Waals surface area contributed by atoms with Crippen molar-refractivity contribution in [2.45, 2.75) is 0 Å². The second kappa shape index (κ2) is 9.47. The second-order valence-electron chi connectivity index (χ2n) is 2.50. The van der Waals surface area contributed by atoms with Gasteiger partial charge in [0.2, 0.25) is 0 Å². The van der Waals surface area contributed by atoms with Crippen molar-refractivity contribution in [2.24, 2.45) is 0 Å². The highest BCUT2D eigenvalue weighted by Crippen LogP contribution is 1.79. The Morgan fingerprint density at radius 1 is 0.636 bits per heavy atom. The molecule has 0 aliphatic carbocycles. The van der Waals surface area contributed by atoms with E-state index in [0.717, 1.165) is 0 Å². The molecule has 0 aliphatic heterocycles. The van der Waals surface area contributed by atoms with Gasteiger partial charge in [-0.2, -0.15) is 0 Å². The third-order valence-electron chi connectivity index (χ3n) is 0.667. The van der Waals surface area contributed by atoms with Crippen LogP contribution in [-0.4, -0.2) is 26.0 Å². The summed E-state index contributed by atoms with van der Waals surface area (Å²) in [4.78, 5) is 2.00. The predicted octanol–water partition coefficient (Wildman–Crippen LogP) is 2.29. The van der Waals surface area contributed by atoms with E-state index in [0.29, 0.717) is 0 Å². The van der Waals surface area contributed by atoms with Gasteiger partial charge in [0.25, 0.3) is 0 Å². The summed E-state index contributed by atoms with van der Waals surface area (Å²) >= 11 is 0. The molecule has 1 aromatic rings. The van der Waals surface area contributed by atoms with Crippen molar-refractivity contribution in [2.75, 3.05) is 21.1 Å². The van der Waals surface area contributed by atoms with Crippen LogP contribution >= 0.6 is 12.4 Å². The highest BCUT2D eigenvalue weighted by atomic mass is 35.5. The van der Waals surface area contributed by atoms with Crippen LogP contribution in [0.4, 0.5) is 0 Å². The average molecular weight is 174 g/mol. The van der Waals surface area contributed by atoms with Gasteiger partial charge in [-0.25, -0.2) is 0 Å². The van der Waals surface area contributed by atoms with Crippen LogP contribution in [0.2, 0.25) is 0 Å². The van der Waals surface area contributed by atoms with Crippen LogP contribution < -0.4 is 0 Å². The van der Waals surface area contributed by atoms with Crippen molar-refractivity contribution in [3.05, 3.63) is 36.4 Å².